The van der Waals surface area contributed by atoms with Crippen molar-refractivity contribution in [3.05, 3.63) is 57.8 Å². The largest absolute Gasteiger partial charge is 0.307 e. The smallest absolute Gasteiger partial charge is 0.262 e. The van der Waals surface area contributed by atoms with Gasteiger partial charge in [0.1, 0.15) is 5.82 Å². The van der Waals surface area contributed by atoms with Crippen LogP contribution in [-0.2, 0) is 0 Å². The predicted molar refractivity (Wildman–Crippen MR) is 125 cm³/mol. The van der Waals surface area contributed by atoms with E-state index in [-0.39, 0.29) is 5.56 Å². The minimum atomic E-state index is -0.546. The number of fused-ring (bicyclic) bond motifs is 1. The van der Waals surface area contributed by atoms with Gasteiger partial charge in [0, 0.05) is 10.5 Å². The zero-order chi connectivity index (χ0) is 21.4. The van der Waals surface area contributed by atoms with E-state index >= 15 is 0 Å². The van der Waals surface area contributed by atoms with Crippen LogP contribution in [0, 0.1) is 5.82 Å². The molecule has 0 saturated heterocycles. The van der Waals surface area contributed by atoms with E-state index in [9.17, 15) is 9.18 Å². The van der Waals surface area contributed by atoms with Crippen LogP contribution in [0.3, 0.4) is 0 Å². The lowest BCUT2D eigenvalue weighted by molar-refractivity contribution is 0.102. The molecule has 2 saturated carbocycles. The normalized spacial score (nSPS) is 18.0. The summed E-state index contributed by atoms with van der Waals surface area (Å²) >= 11 is 3.31. The number of aromatic nitrogens is 2. The molecule has 5 rings (SSSR count). The molecule has 1 N–H and O–H groups in total. The molecule has 2 aliphatic rings. The lowest BCUT2D eigenvalue weighted by Crippen LogP contribution is -2.19. The summed E-state index contributed by atoms with van der Waals surface area (Å²) in [6, 6.07) is 11.4. The van der Waals surface area contributed by atoms with Gasteiger partial charge in [0.05, 0.1) is 16.6 Å². The molecule has 0 unspecified atom stereocenters. The van der Waals surface area contributed by atoms with Gasteiger partial charge in [-0.05, 0) is 77.4 Å². The van der Waals surface area contributed by atoms with Crippen LogP contribution in [0.15, 0.2) is 40.9 Å². The third-order valence-corrected chi connectivity index (χ3v) is 7.56. The minimum Gasteiger partial charge on any atom is -0.307 e. The second kappa shape index (κ2) is 8.73. The van der Waals surface area contributed by atoms with Gasteiger partial charge in [-0.3, -0.25) is 10.1 Å². The van der Waals surface area contributed by atoms with E-state index < -0.39 is 11.7 Å². The molecule has 1 aromatic heterocycles. The summed E-state index contributed by atoms with van der Waals surface area (Å²) in [4.78, 5) is 17.7. The summed E-state index contributed by atoms with van der Waals surface area (Å²) in [5, 5.41) is 2.92. The monoisotopic (exact) mass is 483 g/mol. The Morgan fingerprint density at radius 3 is 2.52 bits per heavy atom. The summed E-state index contributed by atoms with van der Waals surface area (Å²) in [5.74, 6) is 0.0994. The molecule has 1 heterocycles. The Bertz CT molecular complexity index is 1090. The number of carbonyl (C=O) groups is 1. The van der Waals surface area contributed by atoms with Crippen LogP contribution in [0.25, 0.3) is 11.0 Å². The summed E-state index contributed by atoms with van der Waals surface area (Å²) in [6.07, 6.45) is 10.9. The summed E-state index contributed by atoms with van der Waals surface area (Å²) in [5.41, 5.74) is 3.35. The summed E-state index contributed by atoms with van der Waals surface area (Å²) in [6.45, 7) is 0. The molecule has 2 fully saturated rings. The fourth-order valence-electron chi connectivity index (χ4n) is 5.30. The van der Waals surface area contributed by atoms with Crippen LogP contribution in [0.2, 0.25) is 0 Å². The van der Waals surface area contributed by atoms with Crippen molar-refractivity contribution in [2.24, 2.45) is 0 Å². The predicted octanol–water partition coefficient (Wildman–Crippen LogP) is 7.35. The van der Waals surface area contributed by atoms with Gasteiger partial charge in [-0.15, -0.1) is 0 Å². The molecule has 0 atom stereocenters. The molecular formula is C25H27BrFN3O. The first-order valence-electron chi connectivity index (χ1n) is 11.4. The number of nitrogens with one attached hydrogen (secondary N) is 1. The van der Waals surface area contributed by atoms with E-state index in [1.807, 2.05) is 0 Å². The number of imidazole rings is 1. The number of anilines is 1. The first-order chi connectivity index (χ1) is 15.1. The number of benzene rings is 2. The van der Waals surface area contributed by atoms with Gasteiger partial charge in [-0.1, -0.05) is 44.2 Å². The van der Waals surface area contributed by atoms with Crippen LogP contribution in [0.1, 0.15) is 85.7 Å². The van der Waals surface area contributed by atoms with Crippen molar-refractivity contribution in [1.82, 2.24) is 9.55 Å². The highest BCUT2D eigenvalue weighted by Crippen LogP contribution is 2.38. The Balaban J connectivity index is 1.55. The molecule has 1 amide bonds. The molecule has 0 radical (unpaired) electrons. The topological polar surface area (TPSA) is 46.9 Å². The maximum absolute atomic E-state index is 14.4. The number of carbonyl (C=O) groups excluding carboxylic acids is 1. The molecule has 4 nitrogen and oxygen atoms in total. The quantitative estimate of drug-likeness (QED) is 0.421. The highest BCUT2D eigenvalue weighted by atomic mass is 79.9. The average molecular weight is 484 g/mol. The van der Waals surface area contributed by atoms with Crippen molar-refractivity contribution < 1.29 is 9.18 Å². The van der Waals surface area contributed by atoms with Crippen LogP contribution in [0.4, 0.5) is 10.3 Å². The Labute approximate surface area is 190 Å². The highest BCUT2D eigenvalue weighted by molar-refractivity contribution is 9.10. The first kappa shape index (κ1) is 20.7. The second-order valence-corrected chi connectivity index (χ2v) is 9.73. The van der Waals surface area contributed by atoms with Gasteiger partial charge in [0.25, 0.3) is 5.91 Å². The van der Waals surface area contributed by atoms with Gasteiger partial charge < -0.3 is 4.57 Å². The summed E-state index contributed by atoms with van der Waals surface area (Å²) < 4.78 is 17.0. The zero-order valence-corrected chi connectivity index (χ0v) is 19.1. The third kappa shape index (κ3) is 4.02. The van der Waals surface area contributed by atoms with Crippen LogP contribution < -0.4 is 5.32 Å². The second-order valence-electron chi connectivity index (χ2n) is 8.88. The summed E-state index contributed by atoms with van der Waals surface area (Å²) in [7, 11) is 0. The first-order valence-corrected chi connectivity index (χ1v) is 12.2. The van der Waals surface area contributed by atoms with E-state index in [0.29, 0.717) is 22.4 Å². The van der Waals surface area contributed by atoms with Crippen molar-refractivity contribution in [2.75, 3.05) is 5.32 Å². The zero-order valence-electron chi connectivity index (χ0n) is 17.5. The molecule has 162 valence electrons. The number of rotatable bonds is 4. The van der Waals surface area contributed by atoms with Crippen molar-refractivity contribution in [1.29, 1.82) is 0 Å². The van der Waals surface area contributed by atoms with E-state index in [1.54, 1.807) is 12.1 Å². The third-order valence-electron chi connectivity index (χ3n) is 6.90. The fourth-order valence-corrected chi connectivity index (χ4v) is 5.82. The van der Waals surface area contributed by atoms with E-state index in [2.05, 4.69) is 44.0 Å². The number of hydrogen-bond acceptors (Lipinski definition) is 2. The molecule has 0 spiro atoms. The Kier molecular flexibility index (Phi) is 5.83. The van der Waals surface area contributed by atoms with Gasteiger partial charge in [0.15, 0.2) is 0 Å². The van der Waals surface area contributed by atoms with Crippen molar-refractivity contribution in [3.8, 4) is 0 Å². The Hall–Kier alpha value is -2.21. The molecule has 2 aromatic carbocycles. The average Bonchev–Trinajstić information content (AvgIpc) is 3.41. The minimum absolute atomic E-state index is 0.00965. The molecule has 3 aromatic rings. The van der Waals surface area contributed by atoms with Gasteiger partial charge in [-0.25, -0.2) is 9.37 Å². The van der Waals surface area contributed by atoms with Gasteiger partial charge >= 0.3 is 0 Å². The van der Waals surface area contributed by atoms with Crippen molar-refractivity contribution >= 4 is 38.8 Å². The number of halogens is 2. The van der Waals surface area contributed by atoms with Gasteiger partial charge in [0.2, 0.25) is 5.95 Å². The van der Waals surface area contributed by atoms with E-state index in [4.69, 9.17) is 4.98 Å². The Morgan fingerprint density at radius 1 is 1.03 bits per heavy atom. The maximum Gasteiger partial charge on any atom is 0.262 e. The Morgan fingerprint density at radius 2 is 1.77 bits per heavy atom. The lowest BCUT2D eigenvalue weighted by Gasteiger charge is -2.22. The molecule has 0 bridgehead atoms. The number of nitrogens with zero attached hydrogens (tertiary/aromatic N) is 2. The van der Waals surface area contributed by atoms with Crippen molar-refractivity contribution in [2.45, 2.75) is 69.7 Å². The van der Waals surface area contributed by atoms with E-state index in [0.717, 1.165) is 23.9 Å². The fraction of sp³-hybridized carbons (Fsp3) is 0.440. The molecule has 6 heteroatoms. The molecule has 2 aliphatic carbocycles. The van der Waals surface area contributed by atoms with E-state index in [1.165, 1.54) is 56.6 Å². The number of amides is 1. The molecule has 0 aliphatic heterocycles. The van der Waals surface area contributed by atoms with Crippen molar-refractivity contribution in [3.63, 3.8) is 0 Å². The molecule has 31 heavy (non-hydrogen) atoms. The van der Waals surface area contributed by atoms with Crippen LogP contribution in [0.5, 0.6) is 0 Å². The highest BCUT2D eigenvalue weighted by Gasteiger charge is 2.26. The van der Waals surface area contributed by atoms with Gasteiger partial charge in [-0.2, -0.15) is 0 Å². The van der Waals surface area contributed by atoms with Crippen LogP contribution >= 0.6 is 15.9 Å². The molecular weight excluding hydrogens is 457 g/mol. The standard InChI is InChI=1S/C25H27BrFN3O/c26-19-11-6-12-20(27)23(19)24(31)29-25-28-21-14-13-17(16-7-2-1-3-8-16)15-22(21)30(25)18-9-4-5-10-18/h6,11-16,18H,1-5,7-10H2,(H,28,29,31). The van der Waals surface area contributed by atoms with Crippen LogP contribution in [-0.4, -0.2) is 15.5 Å². The maximum atomic E-state index is 14.4. The lowest BCUT2D eigenvalue weighted by atomic mass is 9.84. The number of hydrogen-bond donors (Lipinski definition) is 1. The SMILES string of the molecule is O=C(Nc1nc2ccc(C3CCCCC3)cc2n1C1CCCC1)c1c(F)cccc1Br.